The Bertz CT molecular complexity index is 231. The van der Waals surface area contributed by atoms with Gasteiger partial charge in [0.2, 0.25) is 5.91 Å². The Morgan fingerprint density at radius 3 is 2.33 bits per heavy atom. The van der Waals surface area contributed by atoms with Crippen LogP contribution in [0, 0.1) is 5.92 Å². The SMILES string of the molecule is CC(CCS(C)=O)NC(=O)[C@H](N)C(C)C. The van der Waals surface area contributed by atoms with Crippen molar-refractivity contribution in [2.24, 2.45) is 11.7 Å². The van der Waals surface area contributed by atoms with Crippen molar-refractivity contribution in [1.29, 1.82) is 0 Å². The Labute approximate surface area is 94.4 Å². The third-order valence-electron chi connectivity index (χ3n) is 2.25. The highest BCUT2D eigenvalue weighted by Crippen LogP contribution is 2.00. The normalized spacial score (nSPS) is 17.2. The van der Waals surface area contributed by atoms with E-state index < -0.39 is 16.8 Å². The fourth-order valence-corrected chi connectivity index (χ4v) is 1.74. The summed E-state index contributed by atoms with van der Waals surface area (Å²) < 4.78 is 10.8. The van der Waals surface area contributed by atoms with Crippen molar-refractivity contribution < 1.29 is 9.00 Å². The second-order valence-electron chi connectivity index (χ2n) is 4.25. The van der Waals surface area contributed by atoms with Gasteiger partial charge in [-0.05, 0) is 19.3 Å². The maximum absolute atomic E-state index is 11.5. The predicted molar refractivity (Wildman–Crippen MR) is 64.0 cm³/mol. The Morgan fingerprint density at radius 2 is 1.93 bits per heavy atom. The minimum Gasteiger partial charge on any atom is -0.352 e. The minimum absolute atomic E-state index is 0.0335. The van der Waals surface area contributed by atoms with Gasteiger partial charge in [-0.3, -0.25) is 9.00 Å². The van der Waals surface area contributed by atoms with Crippen LogP contribution >= 0.6 is 0 Å². The molecule has 0 aliphatic heterocycles. The summed E-state index contributed by atoms with van der Waals surface area (Å²) in [6, 6.07) is -0.425. The van der Waals surface area contributed by atoms with Gasteiger partial charge in [0.15, 0.2) is 0 Å². The predicted octanol–water partition coefficient (Wildman–Crippen LogP) is 0.243. The zero-order valence-corrected chi connectivity index (χ0v) is 10.8. The van der Waals surface area contributed by atoms with E-state index in [1.165, 1.54) is 0 Å². The van der Waals surface area contributed by atoms with E-state index in [0.717, 1.165) is 6.42 Å². The molecule has 3 atom stereocenters. The van der Waals surface area contributed by atoms with E-state index in [-0.39, 0.29) is 17.9 Å². The van der Waals surface area contributed by atoms with E-state index in [1.54, 1.807) is 6.26 Å². The standard InChI is InChI=1S/C10H22N2O2S/c1-7(2)9(11)10(13)12-8(3)5-6-15(4)14/h7-9H,5-6,11H2,1-4H3,(H,12,13)/t8?,9-,15?/m1/s1. The third-order valence-corrected chi connectivity index (χ3v) is 3.06. The molecular formula is C10H22N2O2S. The van der Waals surface area contributed by atoms with Gasteiger partial charge in [0.25, 0.3) is 0 Å². The van der Waals surface area contributed by atoms with Crippen LogP contribution in [-0.2, 0) is 15.6 Å². The molecule has 0 spiro atoms. The molecule has 0 radical (unpaired) electrons. The Balaban J connectivity index is 3.90. The van der Waals surface area contributed by atoms with Gasteiger partial charge < -0.3 is 11.1 Å². The molecule has 4 nitrogen and oxygen atoms in total. The fraction of sp³-hybridized carbons (Fsp3) is 0.900. The molecule has 1 amide bonds. The number of nitrogens with one attached hydrogen (secondary N) is 1. The summed E-state index contributed by atoms with van der Waals surface area (Å²) in [6.45, 7) is 5.73. The lowest BCUT2D eigenvalue weighted by molar-refractivity contribution is -0.123. The van der Waals surface area contributed by atoms with Gasteiger partial charge in [-0.1, -0.05) is 13.8 Å². The fourth-order valence-electron chi connectivity index (χ4n) is 1.06. The van der Waals surface area contributed by atoms with Crippen LogP contribution in [0.1, 0.15) is 27.2 Å². The summed E-state index contributed by atoms with van der Waals surface area (Å²) in [5, 5.41) is 2.82. The second kappa shape index (κ2) is 6.95. The van der Waals surface area contributed by atoms with Gasteiger partial charge in [-0.15, -0.1) is 0 Å². The van der Waals surface area contributed by atoms with Crippen LogP contribution < -0.4 is 11.1 Å². The molecule has 0 heterocycles. The first-order valence-electron chi connectivity index (χ1n) is 5.20. The van der Waals surface area contributed by atoms with Gasteiger partial charge >= 0.3 is 0 Å². The summed E-state index contributed by atoms with van der Waals surface area (Å²) in [5.74, 6) is 0.620. The maximum Gasteiger partial charge on any atom is 0.237 e. The first-order chi connectivity index (χ1) is 6.84. The average Bonchev–Trinajstić information content (AvgIpc) is 2.13. The van der Waals surface area contributed by atoms with Crippen LogP contribution in [0.25, 0.3) is 0 Å². The van der Waals surface area contributed by atoms with Gasteiger partial charge in [0, 0.05) is 28.9 Å². The van der Waals surface area contributed by atoms with Crippen LogP contribution in [-0.4, -0.2) is 34.2 Å². The van der Waals surface area contributed by atoms with Crippen LogP contribution in [0.5, 0.6) is 0 Å². The number of rotatable bonds is 6. The van der Waals surface area contributed by atoms with E-state index in [1.807, 2.05) is 20.8 Å². The average molecular weight is 234 g/mol. The van der Waals surface area contributed by atoms with Gasteiger partial charge in [-0.25, -0.2) is 0 Å². The molecular weight excluding hydrogens is 212 g/mol. The van der Waals surface area contributed by atoms with Crippen molar-refractivity contribution >= 4 is 16.7 Å². The van der Waals surface area contributed by atoms with Crippen molar-refractivity contribution in [3.05, 3.63) is 0 Å². The third kappa shape index (κ3) is 6.62. The molecule has 2 unspecified atom stereocenters. The Kier molecular flexibility index (Phi) is 6.76. The van der Waals surface area contributed by atoms with Crippen molar-refractivity contribution in [3.63, 3.8) is 0 Å². The van der Waals surface area contributed by atoms with E-state index in [9.17, 15) is 9.00 Å². The van der Waals surface area contributed by atoms with Crippen molar-refractivity contribution in [1.82, 2.24) is 5.32 Å². The summed E-state index contributed by atoms with van der Waals surface area (Å²) in [4.78, 5) is 11.5. The zero-order valence-electron chi connectivity index (χ0n) is 9.95. The van der Waals surface area contributed by atoms with Crippen molar-refractivity contribution in [3.8, 4) is 0 Å². The number of amides is 1. The van der Waals surface area contributed by atoms with Crippen LogP contribution in [0.3, 0.4) is 0 Å². The van der Waals surface area contributed by atoms with Crippen LogP contribution in [0.2, 0.25) is 0 Å². The molecule has 0 aromatic heterocycles. The van der Waals surface area contributed by atoms with Crippen molar-refractivity contribution in [2.45, 2.75) is 39.3 Å². The van der Waals surface area contributed by atoms with Crippen molar-refractivity contribution in [2.75, 3.05) is 12.0 Å². The topological polar surface area (TPSA) is 72.2 Å². The molecule has 0 aromatic carbocycles. The minimum atomic E-state index is -0.803. The first kappa shape index (κ1) is 14.6. The van der Waals surface area contributed by atoms with Crippen LogP contribution in [0.15, 0.2) is 0 Å². The maximum atomic E-state index is 11.5. The molecule has 3 N–H and O–H groups in total. The molecule has 15 heavy (non-hydrogen) atoms. The molecule has 0 bridgehead atoms. The van der Waals surface area contributed by atoms with E-state index in [2.05, 4.69) is 5.32 Å². The zero-order chi connectivity index (χ0) is 12.0. The monoisotopic (exact) mass is 234 g/mol. The number of hydrogen-bond donors (Lipinski definition) is 2. The summed E-state index contributed by atoms with van der Waals surface area (Å²) in [6.07, 6.45) is 2.38. The molecule has 5 heteroatoms. The quantitative estimate of drug-likeness (QED) is 0.691. The summed E-state index contributed by atoms with van der Waals surface area (Å²) >= 11 is 0. The highest BCUT2D eigenvalue weighted by molar-refractivity contribution is 7.84. The smallest absolute Gasteiger partial charge is 0.237 e. The number of carbonyl (C=O) groups excluding carboxylic acids is 1. The second-order valence-corrected chi connectivity index (χ2v) is 5.80. The molecule has 0 aromatic rings. The summed E-state index contributed by atoms with van der Waals surface area (Å²) in [5.41, 5.74) is 5.69. The first-order valence-corrected chi connectivity index (χ1v) is 6.93. The highest BCUT2D eigenvalue weighted by atomic mass is 32.2. The molecule has 90 valence electrons. The molecule has 0 saturated heterocycles. The Hall–Kier alpha value is -0.420. The lowest BCUT2D eigenvalue weighted by Gasteiger charge is -2.19. The highest BCUT2D eigenvalue weighted by Gasteiger charge is 2.18. The lowest BCUT2D eigenvalue weighted by Crippen LogP contribution is -2.47. The number of hydrogen-bond acceptors (Lipinski definition) is 3. The molecule has 0 aliphatic carbocycles. The molecule has 0 rings (SSSR count). The van der Waals surface area contributed by atoms with E-state index >= 15 is 0 Å². The largest absolute Gasteiger partial charge is 0.352 e. The number of nitrogens with two attached hydrogens (primary N) is 1. The van der Waals surface area contributed by atoms with E-state index in [4.69, 9.17) is 5.73 Å². The molecule has 0 fully saturated rings. The Morgan fingerprint density at radius 1 is 1.40 bits per heavy atom. The summed E-state index contributed by atoms with van der Waals surface area (Å²) in [7, 11) is -0.803. The molecule has 0 aliphatic rings. The van der Waals surface area contributed by atoms with Gasteiger partial charge in [-0.2, -0.15) is 0 Å². The lowest BCUT2D eigenvalue weighted by atomic mass is 10.0. The van der Waals surface area contributed by atoms with Gasteiger partial charge in [0.1, 0.15) is 0 Å². The van der Waals surface area contributed by atoms with E-state index in [0.29, 0.717) is 5.75 Å². The van der Waals surface area contributed by atoms with Crippen LogP contribution in [0.4, 0.5) is 0 Å². The van der Waals surface area contributed by atoms with Gasteiger partial charge in [0.05, 0.1) is 6.04 Å². The number of carbonyl (C=O) groups is 1. The molecule has 0 saturated carbocycles.